The molecule has 2 aromatic heterocycles. The first-order valence-electron chi connectivity index (χ1n) is 9.35. The molecule has 0 bridgehead atoms. The van der Waals surface area contributed by atoms with Gasteiger partial charge in [-0.05, 0) is 23.0 Å². The van der Waals surface area contributed by atoms with Gasteiger partial charge in [0.25, 0.3) is 0 Å². The van der Waals surface area contributed by atoms with Crippen molar-refractivity contribution in [1.82, 2.24) is 15.4 Å². The number of hydrogen-bond acceptors (Lipinski definition) is 8. The molecule has 0 aliphatic heterocycles. The summed E-state index contributed by atoms with van der Waals surface area (Å²) in [4.78, 5) is 12.1. The van der Waals surface area contributed by atoms with Gasteiger partial charge in [-0.1, -0.05) is 92.0 Å². The number of nitrogens with zero attached hydrogens (tertiary/aromatic N) is 3. The maximum atomic E-state index is 12.1. The SMILES string of the molecule is CC(C)c1ccc(CSc2nnc(SCC(=O)Nc3cc(C(C)C)no3)s2)cc1. The Morgan fingerprint density at radius 3 is 2.38 bits per heavy atom. The average Bonchev–Trinajstić information content (AvgIpc) is 3.34. The third-order valence-corrected chi connectivity index (χ3v) is 7.37. The minimum Gasteiger partial charge on any atom is -0.338 e. The third kappa shape index (κ3) is 6.58. The summed E-state index contributed by atoms with van der Waals surface area (Å²) < 4.78 is 6.80. The Balaban J connectivity index is 1.44. The van der Waals surface area contributed by atoms with Crippen LogP contribution in [-0.2, 0) is 10.5 Å². The maximum absolute atomic E-state index is 12.1. The number of nitrogens with one attached hydrogen (secondary N) is 1. The van der Waals surface area contributed by atoms with Crippen molar-refractivity contribution >= 4 is 46.7 Å². The van der Waals surface area contributed by atoms with Crippen LogP contribution in [0.1, 0.15) is 56.4 Å². The number of carbonyl (C=O) groups is 1. The quantitative estimate of drug-likeness (QED) is 0.415. The molecule has 1 amide bonds. The van der Waals surface area contributed by atoms with Crippen LogP contribution in [0.3, 0.4) is 0 Å². The van der Waals surface area contributed by atoms with Crippen LogP contribution in [-0.4, -0.2) is 27.0 Å². The van der Waals surface area contributed by atoms with E-state index in [1.807, 2.05) is 13.8 Å². The average molecular weight is 449 g/mol. The molecule has 0 aliphatic carbocycles. The van der Waals surface area contributed by atoms with Crippen LogP contribution in [0.5, 0.6) is 0 Å². The number of amides is 1. The van der Waals surface area contributed by atoms with Gasteiger partial charge in [0.15, 0.2) is 8.68 Å². The fourth-order valence-electron chi connectivity index (χ4n) is 2.38. The van der Waals surface area contributed by atoms with Gasteiger partial charge in [-0.15, -0.1) is 10.2 Å². The highest BCUT2D eigenvalue weighted by Gasteiger charge is 2.12. The van der Waals surface area contributed by atoms with E-state index in [9.17, 15) is 4.79 Å². The molecule has 1 aromatic carbocycles. The molecule has 1 N–H and O–H groups in total. The van der Waals surface area contributed by atoms with Gasteiger partial charge >= 0.3 is 0 Å². The zero-order valence-electron chi connectivity index (χ0n) is 16.8. The molecule has 0 saturated heterocycles. The van der Waals surface area contributed by atoms with Gasteiger partial charge in [-0.3, -0.25) is 10.1 Å². The van der Waals surface area contributed by atoms with E-state index in [1.54, 1.807) is 17.8 Å². The Labute approximate surface area is 183 Å². The summed E-state index contributed by atoms with van der Waals surface area (Å²) in [5.41, 5.74) is 3.42. The minimum atomic E-state index is -0.156. The summed E-state index contributed by atoms with van der Waals surface area (Å²) in [6.45, 7) is 8.42. The summed E-state index contributed by atoms with van der Waals surface area (Å²) in [5.74, 6) is 2.10. The van der Waals surface area contributed by atoms with Crippen LogP contribution in [0.15, 0.2) is 43.5 Å². The molecule has 0 saturated carbocycles. The molecule has 0 radical (unpaired) electrons. The molecule has 2 heterocycles. The third-order valence-electron chi connectivity index (χ3n) is 4.11. The fraction of sp³-hybridized carbons (Fsp3) is 0.400. The molecule has 3 rings (SSSR count). The summed E-state index contributed by atoms with van der Waals surface area (Å²) in [5, 5.41) is 15.0. The van der Waals surface area contributed by atoms with E-state index >= 15 is 0 Å². The smallest absolute Gasteiger partial charge is 0.237 e. The number of hydrogen-bond donors (Lipinski definition) is 1. The second-order valence-electron chi connectivity index (χ2n) is 7.13. The van der Waals surface area contributed by atoms with Gasteiger partial charge in [0.2, 0.25) is 11.8 Å². The van der Waals surface area contributed by atoms with Crippen LogP contribution in [0.4, 0.5) is 5.88 Å². The molecule has 3 aromatic rings. The highest BCUT2D eigenvalue weighted by atomic mass is 32.2. The van der Waals surface area contributed by atoms with Gasteiger partial charge in [0.1, 0.15) is 0 Å². The Morgan fingerprint density at radius 1 is 1.07 bits per heavy atom. The lowest BCUT2D eigenvalue weighted by Gasteiger charge is -2.05. The first-order valence-corrected chi connectivity index (χ1v) is 12.1. The number of thioether (sulfide) groups is 2. The molecule has 0 spiro atoms. The molecule has 154 valence electrons. The van der Waals surface area contributed by atoms with E-state index < -0.39 is 0 Å². The van der Waals surface area contributed by atoms with Gasteiger partial charge in [0, 0.05) is 11.8 Å². The van der Waals surface area contributed by atoms with Crippen LogP contribution >= 0.6 is 34.9 Å². The Bertz CT molecular complexity index is 935. The fourth-order valence-corrected chi connectivity index (χ4v) is 5.15. The van der Waals surface area contributed by atoms with Crippen molar-refractivity contribution in [3.63, 3.8) is 0 Å². The van der Waals surface area contributed by atoms with Crippen LogP contribution in [0.2, 0.25) is 0 Å². The van der Waals surface area contributed by atoms with Crippen molar-refractivity contribution in [3.05, 3.63) is 47.2 Å². The topological polar surface area (TPSA) is 80.9 Å². The largest absolute Gasteiger partial charge is 0.338 e. The summed E-state index contributed by atoms with van der Waals surface area (Å²) in [6, 6.07) is 10.4. The van der Waals surface area contributed by atoms with Gasteiger partial charge in [-0.2, -0.15) is 0 Å². The second-order valence-corrected chi connectivity index (χ2v) is 10.5. The van der Waals surface area contributed by atoms with Crippen molar-refractivity contribution in [3.8, 4) is 0 Å². The standard InChI is InChI=1S/C20H24N4O2S3/c1-12(2)15-7-5-14(6-8-15)10-27-19-22-23-20(29-19)28-11-17(25)21-18-9-16(13(3)4)24-26-18/h5-9,12-13H,10-11H2,1-4H3,(H,21,25). The van der Waals surface area contributed by atoms with Crippen molar-refractivity contribution in [1.29, 1.82) is 0 Å². The van der Waals surface area contributed by atoms with Gasteiger partial charge in [0.05, 0.1) is 11.4 Å². The molecule has 0 aliphatic rings. The molecule has 6 nitrogen and oxygen atoms in total. The van der Waals surface area contributed by atoms with E-state index in [0.29, 0.717) is 11.8 Å². The summed E-state index contributed by atoms with van der Waals surface area (Å²) in [6.07, 6.45) is 0. The highest BCUT2D eigenvalue weighted by Crippen LogP contribution is 2.31. The number of aromatic nitrogens is 3. The molecule has 0 unspecified atom stereocenters. The molecular weight excluding hydrogens is 424 g/mol. The predicted molar refractivity (Wildman–Crippen MR) is 120 cm³/mol. The lowest BCUT2D eigenvalue weighted by molar-refractivity contribution is -0.113. The van der Waals surface area contributed by atoms with Gasteiger partial charge in [-0.25, -0.2) is 0 Å². The number of anilines is 1. The lowest BCUT2D eigenvalue weighted by atomic mass is 10.0. The minimum absolute atomic E-state index is 0.156. The monoisotopic (exact) mass is 448 g/mol. The Morgan fingerprint density at radius 2 is 1.76 bits per heavy atom. The van der Waals surface area contributed by atoms with Gasteiger partial charge < -0.3 is 4.52 Å². The van der Waals surface area contributed by atoms with Crippen molar-refractivity contribution < 1.29 is 9.32 Å². The summed E-state index contributed by atoms with van der Waals surface area (Å²) >= 11 is 4.53. The second kappa shape index (κ2) is 10.3. The Kier molecular flexibility index (Phi) is 7.74. The van der Waals surface area contributed by atoms with E-state index in [2.05, 4.69) is 58.8 Å². The molecule has 9 heteroatoms. The maximum Gasteiger partial charge on any atom is 0.237 e. The van der Waals surface area contributed by atoms with Crippen molar-refractivity contribution in [2.75, 3.05) is 11.1 Å². The highest BCUT2D eigenvalue weighted by molar-refractivity contribution is 8.03. The zero-order chi connectivity index (χ0) is 20.8. The summed E-state index contributed by atoms with van der Waals surface area (Å²) in [7, 11) is 0. The number of carbonyl (C=O) groups excluding carboxylic acids is 1. The normalized spacial score (nSPS) is 11.4. The Hall–Kier alpha value is -1.84. The molecular formula is C20H24N4O2S3. The number of benzene rings is 1. The van der Waals surface area contributed by atoms with Crippen LogP contribution in [0, 0.1) is 0 Å². The van der Waals surface area contributed by atoms with Crippen LogP contribution in [0.25, 0.3) is 0 Å². The lowest BCUT2D eigenvalue weighted by Crippen LogP contribution is -2.13. The molecule has 0 atom stereocenters. The van der Waals surface area contributed by atoms with Crippen molar-refractivity contribution in [2.24, 2.45) is 0 Å². The first kappa shape index (κ1) is 21.9. The van der Waals surface area contributed by atoms with E-state index in [4.69, 9.17) is 4.52 Å². The van der Waals surface area contributed by atoms with Crippen LogP contribution < -0.4 is 5.32 Å². The van der Waals surface area contributed by atoms with Crippen molar-refractivity contribution in [2.45, 2.75) is 54.0 Å². The van der Waals surface area contributed by atoms with E-state index in [0.717, 1.165) is 20.1 Å². The van der Waals surface area contributed by atoms with E-state index in [1.165, 1.54) is 34.2 Å². The zero-order valence-corrected chi connectivity index (χ0v) is 19.3. The molecule has 0 fully saturated rings. The predicted octanol–water partition coefficient (Wildman–Crippen LogP) is 5.80. The first-order chi connectivity index (χ1) is 13.9. The van der Waals surface area contributed by atoms with E-state index in [-0.39, 0.29) is 17.6 Å². The number of rotatable bonds is 9. The molecule has 29 heavy (non-hydrogen) atoms.